The molecule has 9 heteroatoms. The van der Waals surface area contributed by atoms with Gasteiger partial charge >= 0.3 is 0 Å². The van der Waals surface area contributed by atoms with Gasteiger partial charge < -0.3 is 20.6 Å². The van der Waals surface area contributed by atoms with Gasteiger partial charge in [0.2, 0.25) is 0 Å². The van der Waals surface area contributed by atoms with Gasteiger partial charge in [-0.3, -0.25) is 9.48 Å². The zero-order valence-corrected chi connectivity index (χ0v) is 18.0. The van der Waals surface area contributed by atoms with Gasteiger partial charge in [0.05, 0.1) is 6.61 Å². The van der Waals surface area contributed by atoms with Gasteiger partial charge in [-0.1, -0.05) is 0 Å². The molecule has 8 nitrogen and oxygen atoms in total. The zero-order valence-electron chi connectivity index (χ0n) is 18.0. The van der Waals surface area contributed by atoms with E-state index in [1.807, 2.05) is 29.7 Å². The van der Waals surface area contributed by atoms with Gasteiger partial charge in [0.25, 0.3) is 5.91 Å². The summed E-state index contributed by atoms with van der Waals surface area (Å²) in [6, 6.07) is 8.17. The number of amides is 1. The second kappa shape index (κ2) is 8.80. The van der Waals surface area contributed by atoms with Crippen LogP contribution in [0.3, 0.4) is 0 Å². The molecule has 0 unspecified atom stereocenters. The second-order valence-electron chi connectivity index (χ2n) is 7.57. The van der Waals surface area contributed by atoms with Crippen LogP contribution in [-0.4, -0.2) is 38.2 Å². The zero-order chi connectivity index (χ0) is 22.8. The predicted molar refractivity (Wildman–Crippen MR) is 119 cm³/mol. The Labute approximate surface area is 184 Å². The third-order valence-electron chi connectivity index (χ3n) is 5.54. The lowest BCUT2D eigenvalue weighted by atomic mass is 10.1. The molecule has 1 aromatic carbocycles. The van der Waals surface area contributed by atoms with Crippen molar-refractivity contribution in [2.45, 2.75) is 19.8 Å². The summed E-state index contributed by atoms with van der Waals surface area (Å²) >= 11 is 0. The first-order valence-electron chi connectivity index (χ1n) is 10.3. The summed E-state index contributed by atoms with van der Waals surface area (Å²) in [4.78, 5) is 16.1. The molecule has 4 rings (SSSR count). The number of halogens is 1. The fraction of sp³-hybridized carbons (Fsp3) is 0.261. The third kappa shape index (κ3) is 4.06. The van der Waals surface area contributed by atoms with Crippen LogP contribution in [0.25, 0.3) is 16.8 Å². The van der Waals surface area contributed by atoms with Crippen molar-refractivity contribution in [3.8, 4) is 16.9 Å². The fourth-order valence-electron chi connectivity index (χ4n) is 3.79. The van der Waals surface area contributed by atoms with Crippen molar-refractivity contribution >= 4 is 11.6 Å². The van der Waals surface area contributed by atoms with Crippen LogP contribution in [-0.2, 0) is 19.9 Å². The first-order valence-corrected chi connectivity index (χ1v) is 10.3. The Balaban J connectivity index is 1.62. The number of imidazole rings is 1. The molecule has 0 bridgehead atoms. The van der Waals surface area contributed by atoms with Crippen LogP contribution >= 0.6 is 0 Å². The maximum Gasteiger partial charge on any atom is 0.269 e. The molecule has 4 aromatic rings. The predicted octanol–water partition coefficient (Wildman–Crippen LogP) is 2.40. The average Bonchev–Trinajstić information content (AvgIpc) is 3.30. The minimum Gasteiger partial charge on any atom is -0.493 e. The first-order chi connectivity index (χ1) is 15.4. The second-order valence-corrected chi connectivity index (χ2v) is 7.57. The number of nitrogens with two attached hydrogens (primary N) is 2. The minimum atomic E-state index is -0.576. The average molecular weight is 436 g/mol. The quantitative estimate of drug-likeness (QED) is 0.440. The fourth-order valence-corrected chi connectivity index (χ4v) is 3.79. The highest BCUT2D eigenvalue weighted by Crippen LogP contribution is 2.31. The maximum absolute atomic E-state index is 14.1. The summed E-state index contributed by atoms with van der Waals surface area (Å²) in [5.41, 5.74) is 16.2. The molecule has 0 aliphatic rings. The molecule has 3 aromatic heterocycles. The summed E-state index contributed by atoms with van der Waals surface area (Å²) in [5, 5.41) is 4.18. The van der Waals surface area contributed by atoms with E-state index in [2.05, 4.69) is 10.1 Å². The van der Waals surface area contributed by atoms with E-state index < -0.39 is 5.91 Å². The molecule has 0 fully saturated rings. The number of hydrogen-bond acceptors (Lipinski definition) is 5. The van der Waals surface area contributed by atoms with Crippen molar-refractivity contribution in [3.05, 3.63) is 71.2 Å². The van der Waals surface area contributed by atoms with Gasteiger partial charge in [0.15, 0.2) is 5.69 Å². The van der Waals surface area contributed by atoms with Crippen molar-refractivity contribution in [3.63, 3.8) is 0 Å². The van der Waals surface area contributed by atoms with Crippen LogP contribution in [0.15, 0.2) is 42.7 Å². The van der Waals surface area contributed by atoms with Gasteiger partial charge in [0.1, 0.15) is 17.2 Å². The van der Waals surface area contributed by atoms with Gasteiger partial charge in [-0.2, -0.15) is 5.10 Å². The summed E-state index contributed by atoms with van der Waals surface area (Å²) in [7, 11) is 1.76. The lowest BCUT2D eigenvalue weighted by Crippen LogP contribution is -2.15. The number of carbonyl (C=O) groups is 1. The van der Waals surface area contributed by atoms with Crippen LogP contribution in [0.5, 0.6) is 5.75 Å². The Morgan fingerprint density at radius 2 is 2.03 bits per heavy atom. The standard InChI is InChI=1S/C23H25FN6O2/c1-14-18(22(23(26)31)28-29(14)2)8-10-32-20-5-4-16(24)11-19(20)15-3-6-21-27-12-17(7-9-25)30(21)13-15/h3-6,11-13H,7-10,25H2,1-2H3,(H2,26,31). The highest BCUT2D eigenvalue weighted by atomic mass is 19.1. The van der Waals surface area contributed by atoms with E-state index in [9.17, 15) is 9.18 Å². The van der Waals surface area contributed by atoms with Crippen molar-refractivity contribution in [1.29, 1.82) is 0 Å². The number of rotatable bonds is 8. The molecule has 0 aliphatic carbocycles. The normalized spacial score (nSPS) is 11.2. The highest BCUT2D eigenvalue weighted by Gasteiger charge is 2.18. The maximum atomic E-state index is 14.1. The number of fused-ring (bicyclic) bond motifs is 1. The molecular weight excluding hydrogens is 411 g/mol. The van der Waals surface area contributed by atoms with E-state index >= 15 is 0 Å². The Kier molecular flexibility index (Phi) is 5.91. The molecule has 0 saturated carbocycles. The largest absolute Gasteiger partial charge is 0.493 e. The van der Waals surface area contributed by atoms with E-state index in [0.717, 1.165) is 28.2 Å². The highest BCUT2D eigenvalue weighted by molar-refractivity contribution is 5.92. The van der Waals surface area contributed by atoms with Crippen molar-refractivity contribution in [2.24, 2.45) is 18.5 Å². The van der Waals surface area contributed by atoms with Crippen LogP contribution in [0.1, 0.15) is 27.4 Å². The molecule has 4 N–H and O–H groups in total. The molecule has 0 saturated heterocycles. The molecule has 0 atom stereocenters. The van der Waals surface area contributed by atoms with Gasteiger partial charge in [-0.05, 0) is 43.8 Å². The van der Waals surface area contributed by atoms with Crippen LogP contribution in [0.2, 0.25) is 0 Å². The smallest absolute Gasteiger partial charge is 0.269 e. The van der Waals surface area contributed by atoms with E-state index in [-0.39, 0.29) is 18.1 Å². The summed E-state index contributed by atoms with van der Waals surface area (Å²) in [6.07, 6.45) is 4.83. The Hall–Kier alpha value is -3.72. The molecule has 32 heavy (non-hydrogen) atoms. The summed E-state index contributed by atoms with van der Waals surface area (Å²) in [6.45, 7) is 2.65. The van der Waals surface area contributed by atoms with Gasteiger partial charge in [0, 0.05) is 60.4 Å². The minimum absolute atomic E-state index is 0.242. The van der Waals surface area contributed by atoms with Crippen LogP contribution in [0, 0.1) is 12.7 Å². The Morgan fingerprint density at radius 1 is 1.22 bits per heavy atom. The van der Waals surface area contributed by atoms with E-state index in [0.29, 0.717) is 30.7 Å². The van der Waals surface area contributed by atoms with E-state index in [1.165, 1.54) is 12.1 Å². The molecule has 3 heterocycles. The Bertz CT molecular complexity index is 1290. The monoisotopic (exact) mass is 436 g/mol. The molecule has 0 radical (unpaired) electrons. The van der Waals surface area contributed by atoms with Crippen molar-refractivity contribution < 1.29 is 13.9 Å². The topological polar surface area (TPSA) is 113 Å². The van der Waals surface area contributed by atoms with E-state index in [4.69, 9.17) is 16.2 Å². The Morgan fingerprint density at radius 3 is 2.78 bits per heavy atom. The molecular formula is C23H25FN6O2. The summed E-state index contributed by atoms with van der Waals surface area (Å²) < 4.78 is 23.7. The number of pyridine rings is 1. The van der Waals surface area contributed by atoms with Gasteiger partial charge in [-0.25, -0.2) is 9.37 Å². The number of ether oxygens (including phenoxy) is 1. The molecule has 0 spiro atoms. The molecule has 1 amide bonds. The number of primary amides is 1. The summed E-state index contributed by atoms with van der Waals surface area (Å²) in [5.74, 6) is -0.402. The van der Waals surface area contributed by atoms with E-state index in [1.54, 1.807) is 24.0 Å². The molecule has 0 aliphatic heterocycles. The van der Waals surface area contributed by atoms with Crippen molar-refractivity contribution in [1.82, 2.24) is 19.2 Å². The van der Waals surface area contributed by atoms with Crippen LogP contribution < -0.4 is 16.2 Å². The molecule has 166 valence electrons. The lowest BCUT2D eigenvalue weighted by Gasteiger charge is -2.13. The number of aryl methyl sites for hydroxylation is 1. The first kappa shape index (κ1) is 21.5. The number of benzene rings is 1. The third-order valence-corrected chi connectivity index (χ3v) is 5.54. The van der Waals surface area contributed by atoms with Crippen molar-refractivity contribution in [2.75, 3.05) is 13.2 Å². The number of nitrogens with zero attached hydrogens (tertiary/aromatic N) is 4. The number of hydrogen-bond donors (Lipinski definition) is 2. The number of carbonyl (C=O) groups excluding carboxylic acids is 1. The van der Waals surface area contributed by atoms with Crippen LogP contribution in [0.4, 0.5) is 4.39 Å². The lowest BCUT2D eigenvalue weighted by molar-refractivity contribution is 0.0994. The number of aromatic nitrogens is 4. The SMILES string of the molecule is Cc1c(CCOc2ccc(F)cc2-c2ccc3ncc(CCN)n3c2)c(C(N)=O)nn1C. The van der Waals surface area contributed by atoms with Gasteiger partial charge in [-0.15, -0.1) is 0 Å².